The number of para-hydroxylation sites is 1. The predicted molar refractivity (Wildman–Crippen MR) is 131 cm³/mol. The van der Waals surface area contributed by atoms with Gasteiger partial charge < -0.3 is 15.1 Å². The Morgan fingerprint density at radius 2 is 1.64 bits per heavy atom. The van der Waals surface area contributed by atoms with E-state index in [1.165, 1.54) is 36.4 Å². The molecule has 0 saturated heterocycles. The lowest BCUT2D eigenvalue weighted by Gasteiger charge is -2.24. The zero-order valence-electron chi connectivity index (χ0n) is 18.0. The molecule has 0 aliphatic carbocycles. The molecule has 174 valence electrons. The van der Waals surface area contributed by atoms with Gasteiger partial charge in [-0.3, -0.25) is 4.79 Å². The lowest BCUT2D eigenvalue weighted by atomic mass is 10.2. The topological polar surface area (TPSA) is 79.0 Å². The molecule has 1 N–H and O–H groups in total. The third-order valence-electron chi connectivity index (χ3n) is 4.52. The van der Waals surface area contributed by atoms with E-state index in [9.17, 15) is 13.2 Å². The van der Waals surface area contributed by atoms with Gasteiger partial charge in [0.05, 0.1) is 15.6 Å². The molecule has 0 spiro atoms. The molecule has 0 atom stereocenters. The maximum atomic E-state index is 13.5. The second kappa shape index (κ2) is 10.9. The summed E-state index contributed by atoms with van der Waals surface area (Å²) in [6, 6.07) is 18.4. The maximum absolute atomic E-state index is 13.5. The molecule has 0 aliphatic heterocycles. The summed E-state index contributed by atoms with van der Waals surface area (Å²) in [6.07, 6.45) is 0. The van der Waals surface area contributed by atoms with Crippen LogP contribution in [0.2, 0.25) is 10.0 Å². The Morgan fingerprint density at radius 3 is 2.24 bits per heavy atom. The minimum atomic E-state index is -4.17. The van der Waals surface area contributed by atoms with E-state index < -0.39 is 10.0 Å². The third-order valence-corrected chi connectivity index (χ3v) is 6.64. The second-order valence-corrected chi connectivity index (χ2v) is 9.91. The van der Waals surface area contributed by atoms with Gasteiger partial charge in [0.1, 0.15) is 0 Å². The quantitative estimate of drug-likeness (QED) is 0.432. The van der Waals surface area contributed by atoms with Crippen molar-refractivity contribution in [1.29, 1.82) is 0 Å². The fourth-order valence-electron chi connectivity index (χ4n) is 2.80. The van der Waals surface area contributed by atoms with E-state index in [1.807, 2.05) is 19.0 Å². The molecule has 33 heavy (non-hydrogen) atoms. The summed E-state index contributed by atoms with van der Waals surface area (Å²) in [7, 11) is -0.356. The van der Waals surface area contributed by atoms with E-state index in [4.69, 9.17) is 28.0 Å². The number of halogens is 2. The van der Waals surface area contributed by atoms with Gasteiger partial charge in [-0.2, -0.15) is 8.42 Å². The van der Waals surface area contributed by atoms with Gasteiger partial charge in [0.25, 0.3) is 15.9 Å². The number of likely N-dealkylation sites (N-methyl/N-ethyl adjacent to an activating group) is 1. The maximum Gasteiger partial charge on any atom is 0.295 e. The van der Waals surface area contributed by atoms with Gasteiger partial charge in [-0.1, -0.05) is 45.9 Å². The summed E-state index contributed by atoms with van der Waals surface area (Å²) < 4.78 is 27.7. The molecule has 3 aromatic rings. The second-order valence-electron chi connectivity index (χ2n) is 7.32. The molecular weight excluding hydrogens is 485 g/mol. The summed E-state index contributed by atoms with van der Waals surface area (Å²) in [5.41, 5.74) is 0.620. The molecule has 0 saturated carbocycles. The summed E-state index contributed by atoms with van der Waals surface area (Å²) in [5, 5.41) is 3.34. The molecule has 0 aromatic heterocycles. The van der Waals surface area contributed by atoms with Gasteiger partial charge in [-0.25, -0.2) is 0 Å². The highest BCUT2D eigenvalue weighted by molar-refractivity contribution is 7.92. The van der Waals surface area contributed by atoms with Gasteiger partial charge in [0.15, 0.2) is 5.75 Å². The van der Waals surface area contributed by atoms with Crippen molar-refractivity contribution in [1.82, 2.24) is 10.2 Å². The van der Waals surface area contributed by atoms with Crippen molar-refractivity contribution < 1.29 is 18.0 Å². The minimum Gasteiger partial charge on any atom is -0.363 e. The van der Waals surface area contributed by atoms with Crippen LogP contribution in [0.4, 0.5) is 5.69 Å². The first-order valence-electron chi connectivity index (χ1n) is 9.95. The standard InChI is InChI=1S/C23H23Cl2N3O4S/c1-27(2)15-14-26-23(29)17-8-11-20(12-9-17)33(30,31)28(19-6-4-3-5-7-19)32-22-13-10-18(24)16-21(22)25/h3-13,16H,14-15H2,1-2H3,(H,26,29). The number of carbonyl (C=O) groups is 1. The van der Waals surface area contributed by atoms with Gasteiger partial charge in [-0.15, -0.1) is 0 Å². The van der Waals surface area contributed by atoms with E-state index in [-0.39, 0.29) is 27.3 Å². The van der Waals surface area contributed by atoms with Gasteiger partial charge in [0.2, 0.25) is 0 Å². The number of carbonyl (C=O) groups excluding carboxylic acids is 1. The Balaban J connectivity index is 1.89. The summed E-state index contributed by atoms with van der Waals surface area (Å²) in [4.78, 5) is 19.9. The summed E-state index contributed by atoms with van der Waals surface area (Å²) >= 11 is 12.1. The van der Waals surface area contributed by atoms with E-state index in [1.54, 1.807) is 36.4 Å². The van der Waals surface area contributed by atoms with Crippen molar-refractivity contribution in [2.24, 2.45) is 0 Å². The number of anilines is 1. The highest BCUT2D eigenvalue weighted by atomic mass is 35.5. The van der Waals surface area contributed by atoms with Crippen LogP contribution < -0.4 is 14.6 Å². The Hall–Kier alpha value is -2.78. The first-order valence-corrected chi connectivity index (χ1v) is 12.1. The van der Waals surface area contributed by atoms with Crippen LogP contribution in [0, 0.1) is 0 Å². The molecule has 0 bridgehead atoms. The van der Waals surface area contributed by atoms with Crippen LogP contribution in [0.5, 0.6) is 5.75 Å². The lowest BCUT2D eigenvalue weighted by molar-refractivity contribution is 0.0951. The molecule has 3 aromatic carbocycles. The number of amides is 1. The molecule has 0 unspecified atom stereocenters. The van der Waals surface area contributed by atoms with Crippen molar-refractivity contribution in [2.45, 2.75) is 4.90 Å². The smallest absolute Gasteiger partial charge is 0.295 e. The minimum absolute atomic E-state index is 0.0544. The fourth-order valence-corrected chi connectivity index (χ4v) is 4.49. The van der Waals surface area contributed by atoms with Crippen LogP contribution in [0.3, 0.4) is 0 Å². The van der Waals surface area contributed by atoms with Crippen molar-refractivity contribution >= 4 is 44.8 Å². The molecule has 3 rings (SSSR count). The molecule has 0 heterocycles. The van der Waals surface area contributed by atoms with Crippen molar-refractivity contribution in [3.63, 3.8) is 0 Å². The van der Waals surface area contributed by atoms with Crippen LogP contribution in [-0.2, 0) is 10.0 Å². The van der Waals surface area contributed by atoms with E-state index in [0.717, 1.165) is 4.47 Å². The molecule has 10 heteroatoms. The largest absolute Gasteiger partial charge is 0.363 e. The average Bonchev–Trinajstić information content (AvgIpc) is 2.78. The van der Waals surface area contributed by atoms with Crippen LogP contribution in [0.25, 0.3) is 0 Å². The Morgan fingerprint density at radius 1 is 0.970 bits per heavy atom. The van der Waals surface area contributed by atoms with Crippen LogP contribution in [-0.4, -0.2) is 46.4 Å². The van der Waals surface area contributed by atoms with Crippen molar-refractivity contribution in [3.05, 3.63) is 88.4 Å². The normalized spacial score (nSPS) is 11.3. The molecule has 7 nitrogen and oxygen atoms in total. The van der Waals surface area contributed by atoms with Crippen molar-refractivity contribution in [3.8, 4) is 5.75 Å². The highest BCUT2D eigenvalue weighted by Gasteiger charge is 2.28. The number of sulfonamides is 1. The number of nitrogens with zero attached hydrogens (tertiary/aromatic N) is 2. The Bertz CT molecular complexity index is 1200. The molecule has 1 amide bonds. The van der Waals surface area contributed by atoms with Crippen LogP contribution in [0.1, 0.15) is 10.4 Å². The Kier molecular flexibility index (Phi) is 8.20. The predicted octanol–water partition coefficient (Wildman–Crippen LogP) is 4.47. The SMILES string of the molecule is CN(C)CCNC(=O)c1ccc(S(=O)(=O)N(Oc2ccc(Cl)cc2Cl)c2ccccc2)cc1. The van der Waals surface area contributed by atoms with Gasteiger partial charge in [0, 0.05) is 23.7 Å². The highest BCUT2D eigenvalue weighted by Crippen LogP contribution is 2.32. The van der Waals surface area contributed by atoms with Gasteiger partial charge in [-0.05, 0) is 68.7 Å². The van der Waals surface area contributed by atoms with Crippen LogP contribution in [0.15, 0.2) is 77.7 Å². The number of benzene rings is 3. The summed E-state index contributed by atoms with van der Waals surface area (Å²) in [6.45, 7) is 1.16. The third kappa shape index (κ3) is 6.39. The zero-order chi connectivity index (χ0) is 24.0. The average molecular weight is 508 g/mol. The number of hydrogen-bond acceptors (Lipinski definition) is 5. The number of hydrogen-bond donors (Lipinski definition) is 1. The van der Waals surface area contributed by atoms with Crippen LogP contribution >= 0.6 is 23.2 Å². The van der Waals surface area contributed by atoms with E-state index in [0.29, 0.717) is 23.7 Å². The zero-order valence-corrected chi connectivity index (χ0v) is 20.4. The monoisotopic (exact) mass is 507 g/mol. The Labute approximate surface area is 203 Å². The molecule has 0 fully saturated rings. The van der Waals surface area contributed by atoms with Crippen molar-refractivity contribution in [2.75, 3.05) is 31.7 Å². The number of rotatable bonds is 9. The van der Waals surface area contributed by atoms with E-state index in [2.05, 4.69) is 5.32 Å². The lowest BCUT2D eigenvalue weighted by Crippen LogP contribution is -2.34. The molecule has 0 radical (unpaired) electrons. The molecule has 0 aliphatic rings. The molecular formula is C23H23Cl2N3O4S. The first-order chi connectivity index (χ1) is 15.7. The number of nitrogens with one attached hydrogen (secondary N) is 1. The van der Waals surface area contributed by atoms with Gasteiger partial charge >= 0.3 is 0 Å². The van der Waals surface area contributed by atoms with E-state index >= 15 is 0 Å². The fraction of sp³-hybridized carbons (Fsp3) is 0.174. The summed E-state index contributed by atoms with van der Waals surface area (Å²) in [5.74, 6) is -0.171. The first kappa shape index (κ1) is 24.9.